The fourth-order valence-corrected chi connectivity index (χ4v) is 6.71. The van der Waals surface area contributed by atoms with Gasteiger partial charge in [0.05, 0.1) is 10.7 Å². The van der Waals surface area contributed by atoms with Crippen molar-refractivity contribution in [2.45, 2.75) is 26.7 Å². The van der Waals surface area contributed by atoms with Crippen molar-refractivity contribution in [2.75, 3.05) is 0 Å². The number of aromatic nitrogens is 2. The average Bonchev–Trinajstić information content (AvgIpc) is 3.38. The standard InChI is InChI=1S/C39H32N2/c1-25-14-21-37-38(22-25)41(39(40-37)32-11-6-3-8-26(32)2)31-18-15-27(16-19-31)33-12-7-13-34-35(33)20-17-30-23-28-9-4-5-10-29(28)24-36(30)34/h3-7,9-13,15-26H,8,14H2,1-2H3. The van der Waals surface area contributed by atoms with Gasteiger partial charge in [0.15, 0.2) is 0 Å². The van der Waals surface area contributed by atoms with Crippen LogP contribution in [0.4, 0.5) is 0 Å². The minimum atomic E-state index is 0.446. The lowest BCUT2D eigenvalue weighted by Crippen LogP contribution is -2.33. The molecule has 0 N–H and O–H groups in total. The highest BCUT2D eigenvalue weighted by Crippen LogP contribution is 2.36. The number of hydrogen-bond acceptors (Lipinski definition) is 1. The van der Waals surface area contributed by atoms with Crippen LogP contribution in [0.25, 0.3) is 66.9 Å². The maximum atomic E-state index is 5.18. The van der Waals surface area contributed by atoms with Gasteiger partial charge in [-0.05, 0) is 98.0 Å². The van der Waals surface area contributed by atoms with Crippen molar-refractivity contribution in [3.63, 3.8) is 0 Å². The first kappa shape index (κ1) is 24.1. The first-order chi connectivity index (χ1) is 20.1. The molecular weight excluding hydrogens is 496 g/mol. The minimum Gasteiger partial charge on any atom is -0.293 e. The second-order valence-corrected chi connectivity index (χ2v) is 11.7. The van der Waals surface area contributed by atoms with Crippen LogP contribution in [0, 0.1) is 11.8 Å². The molecule has 0 saturated heterocycles. The molecular formula is C39H32N2. The molecule has 1 aromatic heterocycles. The Morgan fingerprint density at radius 1 is 0.732 bits per heavy atom. The maximum Gasteiger partial charge on any atom is 0.141 e. The topological polar surface area (TPSA) is 17.8 Å². The summed E-state index contributed by atoms with van der Waals surface area (Å²) in [6, 6.07) is 33.6. The normalized spacial score (nSPS) is 18.2. The number of hydrogen-bond donors (Lipinski definition) is 0. The van der Waals surface area contributed by atoms with Gasteiger partial charge >= 0.3 is 0 Å². The second kappa shape index (κ2) is 9.45. The molecule has 1 heterocycles. The van der Waals surface area contributed by atoms with Gasteiger partial charge in [0.2, 0.25) is 0 Å². The van der Waals surface area contributed by atoms with Crippen LogP contribution in [0.2, 0.25) is 0 Å². The zero-order chi connectivity index (χ0) is 27.5. The third-order valence-electron chi connectivity index (χ3n) is 8.94. The van der Waals surface area contributed by atoms with Crippen molar-refractivity contribution in [1.82, 2.24) is 9.55 Å². The van der Waals surface area contributed by atoms with Crippen LogP contribution in [-0.4, -0.2) is 9.55 Å². The van der Waals surface area contributed by atoms with Crippen molar-refractivity contribution < 1.29 is 0 Å². The average molecular weight is 529 g/mol. The molecule has 8 rings (SSSR count). The highest BCUT2D eigenvalue weighted by Gasteiger charge is 2.21. The molecule has 198 valence electrons. The number of rotatable bonds is 3. The summed E-state index contributed by atoms with van der Waals surface area (Å²) in [7, 11) is 0. The lowest BCUT2D eigenvalue weighted by molar-refractivity contribution is 0.743. The molecule has 0 amide bonds. The first-order valence-electron chi connectivity index (χ1n) is 14.8. The molecule has 0 fully saturated rings. The summed E-state index contributed by atoms with van der Waals surface area (Å²) in [4.78, 5) is 5.18. The van der Waals surface area contributed by atoms with Gasteiger partial charge in [-0.2, -0.15) is 0 Å². The van der Waals surface area contributed by atoms with Gasteiger partial charge in [-0.1, -0.05) is 111 Å². The van der Waals surface area contributed by atoms with Gasteiger partial charge in [-0.15, -0.1) is 0 Å². The van der Waals surface area contributed by atoms with E-state index < -0.39 is 0 Å². The van der Waals surface area contributed by atoms with E-state index in [1.54, 1.807) is 0 Å². The van der Waals surface area contributed by atoms with E-state index in [0.717, 1.165) is 29.7 Å². The van der Waals surface area contributed by atoms with E-state index >= 15 is 0 Å². The van der Waals surface area contributed by atoms with Crippen LogP contribution < -0.4 is 10.7 Å². The second-order valence-electron chi connectivity index (χ2n) is 11.7. The summed E-state index contributed by atoms with van der Waals surface area (Å²) < 4.78 is 2.38. The largest absolute Gasteiger partial charge is 0.293 e. The van der Waals surface area contributed by atoms with E-state index in [2.05, 4.69) is 140 Å². The number of fused-ring (bicyclic) bond motifs is 5. The highest BCUT2D eigenvalue weighted by atomic mass is 15.1. The van der Waals surface area contributed by atoms with Crippen LogP contribution in [-0.2, 0) is 0 Å². The first-order valence-corrected chi connectivity index (χ1v) is 14.8. The fourth-order valence-electron chi connectivity index (χ4n) is 6.71. The molecule has 5 aromatic carbocycles. The smallest absolute Gasteiger partial charge is 0.141 e. The Balaban J connectivity index is 1.27. The van der Waals surface area contributed by atoms with E-state index in [9.17, 15) is 0 Å². The predicted octanol–water partition coefficient (Wildman–Crippen LogP) is 8.58. The summed E-state index contributed by atoms with van der Waals surface area (Å²) >= 11 is 0. The van der Waals surface area contributed by atoms with Gasteiger partial charge in [0.1, 0.15) is 5.82 Å². The molecule has 2 heteroatoms. The Morgan fingerprint density at radius 3 is 2.39 bits per heavy atom. The monoisotopic (exact) mass is 528 g/mol. The molecule has 0 aliphatic heterocycles. The lowest BCUT2D eigenvalue weighted by Gasteiger charge is -2.19. The lowest BCUT2D eigenvalue weighted by atomic mass is 9.92. The molecule has 6 aromatic rings. The Morgan fingerprint density at radius 2 is 1.56 bits per heavy atom. The zero-order valence-electron chi connectivity index (χ0n) is 23.5. The Kier molecular flexibility index (Phi) is 5.56. The summed E-state index contributed by atoms with van der Waals surface area (Å²) in [5.41, 5.74) is 4.97. The molecule has 2 aliphatic rings. The fraction of sp³-hybridized carbons (Fsp3) is 0.154. The quantitative estimate of drug-likeness (QED) is 0.166. The van der Waals surface area contributed by atoms with Crippen molar-refractivity contribution in [3.8, 4) is 16.8 Å². The van der Waals surface area contributed by atoms with Gasteiger partial charge < -0.3 is 0 Å². The molecule has 2 nitrogen and oxygen atoms in total. The third-order valence-corrected chi connectivity index (χ3v) is 8.94. The number of imidazole rings is 1. The van der Waals surface area contributed by atoms with E-state index in [0.29, 0.717) is 11.8 Å². The molecule has 0 radical (unpaired) electrons. The van der Waals surface area contributed by atoms with Crippen LogP contribution in [0.15, 0.2) is 109 Å². The van der Waals surface area contributed by atoms with Crippen LogP contribution in [0.5, 0.6) is 0 Å². The summed E-state index contributed by atoms with van der Waals surface area (Å²) in [6.45, 7) is 4.59. The highest BCUT2D eigenvalue weighted by molar-refractivity contribution is 6.15. The Hall–Kier alpha value is -4.69. The summed E-state index contributed by atoms with van der Waals surface area (Å²) in [6.07, 6.45) is 13.5. The molecule has 2 atom stereocenters. The van der Waals surface area contributed by atoms with Crippen LogP contribution in [0.3, 0.4) is 0 Å². The van der Waals surface area contributed by atoms with Crippen LogP contribution in [0.1, 0.15) is 32.5 Å². The molecule has 2 aliphatic carbocycles. The maximum absolute atomic E-state index is 5.18. The van der Waals surface area contributed by atoms with E-state index in [1.807, 2.05) is 0 Å². The SMILES string of the molecule is CC1C=c2c(nc(C3=CC=CCC3C)n2-c2ccc(-c3cccc4c3ccc3cc5ccccc5cc34)cc2)=CC1. The Bertz CT molecular complexity index is 2170. The number of allylic oxidation sites excluding steroid dienone is 4. The molecule has 0 saturated carbocycles. The van der Waals surface area contributed by atoms with E-state index in [4.69, 9.17) is 4.98 Å². The van der Waals surface area contributed by atoms with E-state index in [-0.39, 0.29) is 0 Å². The molecule has 41 heavy (non-hydrogen) atoms. The van der Waals surface area contributed by atoms with Crippen molar-refractivity contribution in [2.24, 2.45) is 11.8 Å². The van der Waals surface area contributed by atoms with Crippen LogP contribution >= 0.6 is 0 Å². The number of nitrogens with zero attached hydrogens (tertiary/aromatic N) is 2. The van der Waals surface area contributed by atoms with Gasteiger partial charge in [0, 0.05) is 5.69 Å². The zero-order valence-corrected chi connectivity index (χ0v) is 23.5. The summed E-state index contributed by atoms with van der Waals surface area (Å²) in [5.74, 6) is 2.03. The predicted molar refractivity (Wildman–Crippen MR) is 174 cm³/mol. The van der Waals surface area contributed by atoms with E-state index in [1.165, 1.54) is 54.4 Å². The Labute approximate surface area is 240 Å². The summed E-state index contributed by atoms with van der Waals surface area (Å²) in [5, 5.41) is 10.1. The van der Waals surface area contributed by atoms with Crippen molar-refractivity contribution in [1.29, 1.82) is 0 Å². The van der Waals surface area contributed by atoms with Gasteiger partial charge in [-0.25, -0.2) is 4.98 Å². The molecule has 0 spiro atoms. The molecule has 2 unspecified atom stereocenters. The third kappa shape index (κ3) is 3.97. The van der Waals surface area contributed by atoms with Gasteiger partial charge in [-0.3, -0.25) is 4.57 Å². The van der Waals surface area contributed by atoms with Gasteiger partial charge in [0.25, 0.3) is 0 Å². The van der Waals surface area contributed by atoms with Crippen molar-refractivity contribution >= 4 is 50.0 Å². The van der Waals surface area contributed by atoms with Crippen molar-refractivity contribution in [3.05, 3.63) is 126 Å². The minimum absolute atomic E-state index is 0.446. The number of benzene rings is 5. The molecule has 0 bridgehead atoms.